The predicted molar refractivity (Wildman–Crippen MR) is 119 cm³/mol. The van der Waals surface area contributed by atoms with Crippen molar-refractivity contribution in [3.8, 4) is 30.3 Å². The van der Waals surface area contributed by atoms with E-state index in [1.54, 1.807) is 19.6 Å². The zero-order valence-electron chi connectivity index (χ0n) is 19.0. The van der Waals surface area contributed by atoms with Crippen molar-refractivity contribution >= 4 is 6.03 Å². The van der Waals surface area contributed by atoms with Gasteiger partial charge in [0.25, 0.3) is 0 Å². The highest BCUT2D eigenvalue weighted by atomic mass is 16.2. The lowest BCUT2D eigenvalue weighted by molar-refractivity contribution is 0.181. The summed E-state index contributed by atoms with van der Waals surface area (Å²) in [6.45, 7) is 6.79. The second-order valence-corrected chi connectivity index (χ2v) is 7.49. The Labute approximate surface area is 196 Å². The van der Waals surface area contributed by atoms with E-state index in [-0.39, 0.29) is 38.8 Å². The smallest absolute Gasteiger partial charge is 0.320 e. The fraction of sp³-hybridized carbons (Fsp3) is 0.714. The Hall–Kier alpha value is -3.44. The lowest BCUT2D eigenvalue weighted by Gasteiger charge is -2.25. The highest BCUT2D eigenvalue weighted by Crippen LogP contribution is 2.08. The Morgan fingerprint density at radius 3 is 1.64 bits per heavy atom. The number of hydrogen-bond donors (Lipinski definition) is 1. The third-order valence-corrected chi connectivity index (χ3v) is 5.23. The van der Waals surface area contributed by atoms with Gasteiger partial charge in [-0.15, -0.1) is 0 Å². The van der Waals surface area contributed by atoms with E-state index < -0.39 is 0 Å². The normalized spacial score (nSPS) is 13.1. The van der Waals surface area contributed by atoms with Crippen molar-refractivity contribution in [2.45, 2.75) is 0 Å². The van der Waals surface area contributed by atoms with Gasteiger partial charge in [0, 0.05) is 65.4 Å². The Balaban J connectivity index is 2.34. The second-order valence-electron chi connectivity index (χ2n) is 7.49. The summed E-state index contributed by atoms with van der Waals surface area (Å²) in [6, 6.07) is 10.3. The van der Waals surface area contributed by atoms with Gasteiger partial charge in [0.1, 0.15) is 0 Å². The van der Waals surface area contributed by atoms with Crippen LogP contribution in [-0.4, -0.2) is 129 Å². The maximum Gasteiger partial charge on any atom is 0.320 e. The molecule has 0 atom stereocenters. The van der Waals surface area contributed by atoms with Gasteiger partial charge in [0.2, 0.25) is 0 Å². The molecule has 2 amide bonds. The molecule has 0 aliphatic carbocycles. The summed E-state index contributed by atoms with van der Waals surface area (Å²) in [5, 5.41) is 47.5. The molecule has 1 fully saturated rings. The van der Waals surface area contributed by atoms with Gasteiger partial charge in [-0.25, -0.2) is 4.79 Å². The fourth-order valence-electron chi connectivity index (χ4n) is 3.37. The Kier molecular flexibility index (Phi) is 14.3. The summed E-state index contributed by atoms with van der Waals surface area (Å²) in [5.41, 5.74) is 0. The maximum atomic E-state index is 12.6. The number of amides is 2. The number of nitrogens with zero attached hydrogens (tertiary/aromatic N) is 10. The lowest BCUT2D eigenvalue weighted by atomic mass is 10.4. The minimum absolute atomic E-state index is 0.0279. The van der Waals surface area contributed by atoms with Gasteiger partial charge in [-0.05, 0) is 0 Å². The first-order valence-corrected chi connectivity index (χ1v) is 10.9. The molecule has 1 saturated heterocycles. The van der Waals surface area contributed by atoms with Crippen molar-refractivity contribution in [1.29, 1.82) is 26.3 Å². The van der Waals surface area contributed by atoms with Crippen LogP contribution in [0.4, 0.5) is 4.79 Å². The van der Waals surface area contributed by atoms with E-state index in [0.29, 0.717) is 65.4 Å². The van der Waals surface area contributed by atoms with E-state index >= 15 is 0 Å². The molecule has 12 heteroatoms. The first-order valence-electron chi connectivity index (χ1n) is 10.9. The first kappa shape index (κ1) is 27.6. The van der Waals surface area contributed by atoms with Crippen LogP contribution in [0, 0.1) is 56.7 Å². The molecule has 12 nitrogen and oxygen atoms in total. The highest BCUT2D eigenvalue weighted by Gasteiger charge is 2.27. The van der Waals surface area contributed by atoms with E-state index in [1.807, 2.05) is 29.2 Å². The van der Waals surface area contributed by atoms with Crippen LogP contribution in [0.3, 0.4) is 0 Å². The van der Waals surface area contributed by atoms with Crippen LogP contribution in [0.5, 0.6) is 0 Å². The first-order chi connectivity index (χ1) is 16.1. The average molecular weight is 454 g/mol. The van der Waals surface area contributed by atoms with Crippen molar-refractivity contribution in [3.63, 3.8) is 0 Å². The average Bonchev–Trinajstić information content (AvgIpc) is 3.15. The molecular formula is C21H31N11O. The largest absolute Gasteiger partial charge is 0.322 e. The maximum absolute atomic E-state index is 12.6. The summed E-state index contributed by atoms with van der Waals surface area (Å²) in [4.78, 5) is 21.6. The summed E-state index contributed by atoms with van der Waals surface area (Å²) in [6.07, 6.45) is 0. The van der Waals surface area contributed by atoms with Gasteiger partial charge in [0.05, 0.1) is 63.1 Å². The number of rotatable bonds is 17. The lowest BCUT2D eigenvalue weighted by Crippen LogP contribution is -2.42. The van der Waals surface area contributed by atoms with Crippen molar-refractivity contribution < 1.29 is 4.79 Å². The molecule has 1 aliphatic rings. The number of urea groups is 1. The number of hydrogen-bond acceptors (Lipinski definition) is 10. The predicted octanol–water partition coefficient (Wildman–Crippen LogP) is -1.16. The van der Waals surface area contributed by atoms with Crippen molar-refractivity contribution in [3.05, 3.63) is 0 Å². The zero-order valence-corrected chi connectivity index (χ0v) is 19.0. The zero-order chi connectivity index (χ0) is 24.3. The summed E-state index contributed by atoms with van der Waals surface area (Å²) >= 11 is 0. The van der Waals surface area contributed by atoms with Gasteiger partial charge in [0.15, 0.2) is 0 Å². The number of nitriles is 5. The molecule has 0 aromatic rings. The molecule has 0 radical (unpaired) electrons. The van der Waals surface area contributed by atoms with Crippen LogP contribution < -0.4 is 5.32 Å². The molecule has 1 N–H and O–H groups in total. The molecule has 0 unspecified atom stereocenters. The van der Waals surface area contributed by atoms with Crippen molar-refractivity contribution in [2.75, 3.05) is 98.2 Å². The van der Waals surface area contributed by atoms with Crippen LogP contribution >= 0.6 is 0 Å². The Bertz CT molecular complexity index is 765. The second kappa shape index (κ2) is 17.2. The van der Waals surface area contributed by atoms with Gasteiger partial charge in [-0.1, -0.05) is 0 Å². The molecule has 0 saturated carbocycles. The van der Waals surface area contributed by atoms with Gasteiger partial charge >= 0.3 is 6.03 Å². The Morgan fingerprint density at radius 2 is 1.09 bits per heavy atom. The molecule has 0 aromatic heterocycles. The van der Waals surface area contributed by atoms with E-state index in [4.69, 9.17) is 26.3 Å². The van der Waals surface area contributed by atoms with E-state index in [9.17, 15) is 4.79 Å². The molecule has 1 aliphatic heterocycles. The van der Waals surface area contributed by atoms with Gasteiger partial charge < -0.3 is 15.1 Å². The van der Waals surface area contributed by atoms with Crippen LogP contribution in [0.1, 0.15) is 0 Å². The molecule has 33 heavy (non-hydrogen) atoms. The quantitative estimate of drug-likeness (QED) is 0.210. The minimum atomic E-state index is -0.0279. The van der Waals surface area contributed by atoms with Crippen LogP contribution in [0.25, 0.3) is 0 Å². The van der Waals surface area contributed by atoms with E-state index in [0.717, 1.165) is 0 Å². The third-order valence-electron chi connectivity index (χ3n) is 5.23. The van der Waals surface area contributed by atoms with Crippen molar-refractivity contribution in [2.24, 2.45) is 0 Å². The third kappa shape index (κ3) is 11.1. The molecule has 1 rings (SSSR count). The van der Waals surface area contributed by atoms with Gasteiger partial charge in [-0.3, -0.25) is 14.7 Å². The number of carbonyl (C=O) groups excluding carboxylic acids is 1. The van der Waals surface area contributed by atoms with Crippen LogP contribution in [0.2, 0.25) is 0 Å². The van der Waals surface area contributed by atoms with E-state index in [1.165, 1.54) is 0 Å². The SMILES string of the molecule is N#CCN(CC#N)CCNCCN1CCN(CCN(CC#N)CCN(CC#N)CC#N)C1=O. The molecule has 0 aromatic carbocycles. The molecule has 0 bridgehead atoms. The summed E-state index contributed by atoms with van der Waals surface area (Å²) in [5.74, 6) is 0. The number of nitrogens with one attached hydrogen (secondary N) is 1. The molecule has 1 heterocycles. The fourth-order valence-corrected chi connectivity index (χ4v) is 3.37. The Morgan fingerprint density at radius 1 is 0.636 bits per heavy atom. The highest BCUT2D eigenvalue weighted by molar-refractivity contribution is 5.76. The van der Waals surface area contributed by atoms with Crippen LogP contribution in [-0.2, 0) is 0 Å². The minimum Gasteiger partial charge on any atom is -0.322 e. The molecular weight excluding hydrogens is 422 g/mol. The topological polar surface area (TPSA) is 164 Å². The van der Waals surface area contributed by atoms with Gasteiger partial charge in [-0.2, -0.15) is 26.3 Å². The van der Waals surface area contributed by atoms with Crippen molar-refractivity contribution in [1.82, 2.24) is 29.8 Å². The summed E-state index contributed by atoms with van der Waals surface area (Å²) in [7, 11) is 0. The molecule has 0 spiro atoms. The summed E-state index contributed by atoms with van der Waals surface area (Å²) < 4.78 is 0. The van der Waals surface area contributed by atoms with Crippen LogP contribution in [0.15, 0.2) is 0 Å². The molecule has 176 valence electrons. The monoisotopic (exact) mass is 453 g/mol. The van der Waals surface area contributed by atoms with E-state index in [2.05, 4.69) is 11.4 Å². The number of carbonyl (C=O) groups is 1. The standard InChI is InChI=1S/C21H31N11O/c22-1-8-28(9-2-23)13-6-27-7-14-31-19-20-32(21(31)33)18-17-30(12-5-26)16-15-29(10-3-24)11-4-25/h27H,6-20H2.